The topological polar surface area (TPSA) is 81.9 Å². The first-order valence-corrected chi connectivity index (χ1v) is 7.60. The van der Waals surface area contributed by atoms with E-state index >= 15 is 0 Å². The van der Waals surface area contributed by atoms with Crippen LogP contribution in [0, 0.1) is 0 Å². The first kappa shape index (κ1) is 17.5. The van der Waals surface area contributed by atoms with Crippen LogP contribution in [0.2, 0.25) is 0 Å². The number of thiophene rings is 1. The van der Waals surface area contributed by atoms with Crippen LogP contribution in [-0.2, 0) is 9.47 Å². The maximum Gasteiger partial charge on any atom is 0.343 e. The van der Waals surface area contributed by atoms with E-state index in [0.717, 1.165) is 0 Å². The molecule has 0 saturated carbocycles. The van der Waals surface area contributed by atoms with Gasteiger partial charge >= 0.3 is 5.97 Å². The summed E-state index contributed by atoms with van der Waals surface area (Å²) in [4.78, 5) is 26.4. The minimum Gasteiger partial charge on any atom is -0.465 e. The molecule has 1 aromatic rings. The molecule has 0 unspecified atom stereocenters. The van der Waals surface area contributed by atoms with E-state index in [4.69, 9.17) is 15.2 Å². The van der Waals surface area contributed by atoms with Crippen LogP contribution in [0.5, 0.6) is 0 Å². The lowest BCUT2D eigenvalue weighted by Gasteiger charge is -2.21. The summed E-state index contributed by atoms with van der Waals surface area (Å²) in [5.74, 6) is -0.596. The van der Waals surface area contributed by atoms with Crippen molar-refractivity contribution in [1.29, 1.82) is 0 Å². The fourth-order valence-corrected chi connectivity index (χ4v) is 3.23. The summed E-state index contributed by atoms with van der Waals surface area (Å²) in [6, 6.07) is 0. The van der Waals surface area contributed by atoms with Gasteiger partial charge in [-0.3, -0.25) is 4.79 Å². The first-order valence-electron chi connectivity index (χ1n) is 6.79. The van der Waals surface area contributed by atoms with E-state index in [0.29, 0.717) is 36.0 Å². The van der Waals surface area contributed by atoms with E-state index in [1.54, 1.807) is 14.0 Å². The molecule has 118 valence electrons. The van der Waals surface area contributed by atoms with Gasteiger partial charge < -0.3 is 20.1 Å². The Morgan fingerprint density at radius 1 is 1.29 bits per heavy atom. The molecule has 0 aliphatic rings. The molecule has 7 heteroatoms. The fourth-order valence-electron chi connectivity index (χ4n) is 1.93. The van der Waals surface area contributed by atoms with Crippen LogP contribution in [0.4, 0.5) is 10.7 Å². The average molecular weight is 314 g/mol. The Bertz CT molecular complexity index is 513. The second-order valence-electron chi connectivity index (χ2n) is 4.37. The van der Waals surface area contributed by atoms with E-state index in [2.05, 4.69) is 0 Å². The SMILES string of the molecule is CCC(=O)c1sc(N(CC)CCOC)c(C(=O)OC)c1N. The molecule has 0 aliphatic heterocycles. The third-order valence-corrected chi connectivity index (χ3v) is 4.43. The molecule has 21 heavy (non-hydrogen) atoms. The number of carbonyl (C=O) groups is 2. The molecule has 0 aromatic carbocycles. The van der Waals surface area contributed by atoms with E-state index in [1.165, 1.54) is 18.4 Å². The number of esters is 1. The monoisotopic (exact) mass is 314 g/mol. The Hall–Kier alpha value is -1.60. The van der Waals surface area contributed by atoms with Gasteiger partial charge in [-0.05, 0) is 6.92 Å². The molecule has 0 fully saturated rings. The number of methoxy groups -OCH3 is 2. The van der Waals surface area contributed by atoms with Crippen molar-refractivity contribution in [2.45, 2.75) is 20.3 Å². The average Bonchev–Trinajstić information content (AvgIpc) is 2.84. The lowest BCUT2D eigenvalue weighted by Crippen LogP contribution is -2.27. The van der Waals surface area contributed by atoms with E-state index in [9.17, 15) is 9.59 Å². The van der Waals surface area contributed by atoms with Gasteiger partial charge in [-0.15, -0.1) is 11.3 Å². The molecule has 0 amide bonds. The van der Waals surface area contributed by atoms with Crippen molar-refractivity contribution < 1.29 is 19.1 Å². The number of hydrogen-bond donors (Lipinski definition) is 1. The van der Waals surface area contributed by atoms with Gasteiger partial charge in [-0.25, -0.2) is 4.79 Å². The number of rotatable bonds is 8. The molecule has 0 atom stereocenters. The van der Waals surface area contributed by atoms with Crippen LogP contribution in [0.3, 0.4) is 0 Å². The summed E-state index contributed by atoms with van der Waals surface area (Å²) < 4.78 is 9.88. The molecule has 0 spiro atoms. The summed E-state index contributed by atoms with van der Waals surface area (Å²) in [5.41, 5.74) is 6.50. The van der Waals surface area contributed by atoms with Crippen molar-refractivity contribution in [2.75, 3.05) is 44.5 Å². The highest BCUT2D eigenvalue weighted by atomic mass is 32.1. The third-order valence-electron chi connectivity index (χ3n) is 3.12. The molecule has 2 N–H and O–H groups in total. The minimum atomic E-state index is -0.523. The van der Waals surface area contributed by atoms with Crippen LogP contribution in [0.25, 0.3) is 0 Å². The zero-order chi connectivity index (χ0) is 16.0. The molecular weight excluding hydrogens is 292 g/mol. The molecule has 0 aliphatic carbocycles. The Kier molecular flexibility index (Phi) is 6.64. The Morgan fingerprint density at radius 3 is 2.43 bits per heavy atom. The lowest BCUT2D eigenvalue weighted by atomic mass is 10.1. The van der Waals surface area contributed by atoms with Gasteiger partial charge in [0.05, 0.1) is 24.3 Å². The predicted molar refractivity (Wildman–Crippen MR) is 84.5 cm³/mol. The number of hydrogen-bond acceptors (Lipinski definition) is 7. The fraction of sp³-hybridized carbons (Fsp3) is 0.571. The van der Waals surface area contributed by atoms with E-state index < -0.39 is 5.97 Å². The normalized spacial score (nSPS) is 10.5. The maximum atomic E-state index is 12.0. The first-order chi connectivity index (χ1) is 10.0. The summed E-state index contributed by atoms with van der Waals surface area (Å²) in [6.45, 7) is 5.53. The van der Waals surface area contributed by atoms with Crippen molar-refractivity contribution in [3.63, 3.8) is 0 Å². The summed E-state index contributed by atoms with van der Waals surface area (Å²) in [6.07, 6.45) is 0.342. The zero-order valence-electron chi connectivity index (χ0n) is 12.9. The number of ether oxygens (including phenoxy) is 2. The number of likely N-dealkylation sites (N-methyl/N-ethyl adjacent to an activating group) is 1. The standard InChI is InChI=1S/C14H22N2O4S/c1-5-9(17)12-11(15)10(14(18)20-4)13(21-12)16(6-2)7-8-19-3/h5-8,15H2,1-4H3. The maximum absolute atomic E-state index is 12.0. The number of ketones is 1. The van der Waals surface area contributed by atoms with Crippen molar-refractivity contribution in [3.8, 4) is 0 Å². The Morgan fingerprint density at radius 2 is 1.95 bits per heavy atom. The van der Waals surface area contributed by atoms with Crippen LogP contribution in [0.1, 0.15) is 40.3 Å². The quantitative estimate of drug-likeness (QED) is 0.585. The zero-order valence-corrected chi connectivity index (χ0v) is 13.7. The van der Waals surface area contributed by atoms with Crippen LogP contribution in [-0.4, -0.2) is 45.7 Å². The van der Waals surface area contributed by atoms with Gasteiger partial charge in [0.15, 0.2) is 5.78 Å². The lowest BCUT2D eigenvalue weighted by molar-refractivity contribution is 0.0603. The largest absolute Gasteiger partial charge is 0.465 e. The van der Waals surface area contributed by atoms with E-state index in [-0.39, 0.29) is 17.0 Å². The number of anilines is 2. The molecular formula is C14H22N2O4S. The summed E-state index contributed by atoms with van der Waals surface area (Å²) in [5, 5.41) is 0.663. The Labute approximate surface area is 128 Å². The second kappa shape index (κ2) is 7.99. The van der Waals surface area contributed by atoms with E-state index in [1.807, 2.05) is 11.8 Å². The van der Waals surface area contributed by atoms with Crippen molar-refractivity contribution in [3.05, 3.63) is 10.4 Å². The molecule has 1 rings (SSSR count). The highest BCUT2D eigenvalue weighted by Gasteiger charge is 2.27. The second-order valence-corrected chi connectivity index (χ2v) is 5.36. The number of Topliss-reactive ketones (excluding diaryl/α,β-unsaturated/α-hetero) is 1. The summed E-state index contributed by atoms with van der Waals surface area (Å²) >= 11 is 1.24. The number of nitrogen functional groups attached to an aromatic ring is 1. The van der Waals surface area contributed by atoms with Gasteiger partial charge in [0.1, 0.15) is 10.6 Å². The van der Waals surface area contributed by atoms with Gasteiger partial charge in [-0.1, -0.05) is 6.92 Å². The van der Waals surface area contributed by atoms with Crippen LogP contribution in [0.15, 0.2) is 0 Å². The van der Waals surface area contributed by atoms with Gasteiger partial charge in [0.25, 0.3) is 0 Å². The molecule has 1 heterocycles. The van der Waals surface area contributed by atoms with Crippen molar-refractivity contribution in [2.24, 2.45) is 0 Å². The number of nitrogens with zero attached hydrogens (tertiary/aromatic N) is 1. The Balaban J connectivity index is 3.33. The van der Waals surface area contributed by atoms with Crippen molar-refractivity contribution in [1.82, 2.24) is 0 Å². The molecule has 0 bridgehead atoms. The minimum absolute atomic E-state index is 0.0725. The summed E-state index contributed by atoms with van der Waals surface area (Å²) in [7, 11) is 2.92. The smallest absolute Gasteiger partial charge is 0.343 e. The highest BCUT2D eigenvalue weighted by molar-refractivity contribution is 7.19. The van der Waals surface area contributed by atoms with Gasteiger partial charge in [0.2, 0.25) is 0 Å². The third kappa shape index (κ3) is 3.74. The van der Waals surface area contributed by atoms with Gasteiger partial charge in [-0.2, -0.15) is 0 Å². The van der Waals surface area contributed by atoms with Crippen LogP contribution >= 0.6 is 11.3 Å². The molecule has 1 aromatic heterocycles. The van der Waals surface area contributed by atoms with Crippen LogP contribution < -0.4 is 10.6 Å². The number of nitrogens with two attached hydrogens (primary N) is 1. The van der Waals surface area contributed by atoms with Gasteiger partial charge in [0, 0.05) is 26.6 Å². The molecule has 0 saturated heterocycles. The predicted octanol–water partition coefficient (Wildman–Crippen LogP) is 2.18. The number of carbonyl (C=O) groups excluding carboxylic acids is 2. The highest BCUT2D eigenvalue weighted by Crippen LogP contribution is 2.39. The molecule has 6 nitrogen and oxygen atoms in total. The van der Waals surface area contributed by atoms with Crippen molar-refractivity contribution >= 4 is 33.8 Å². The molecule has 0 radical (unpaired) electrons.